The molecule has 0 unspecified atom stereocenters. The number of hydrazine groups is 1. The van der Waals surface area contributed by atoms with Crippen LogP contribution in [0.25, 0.3) is 0 Å². The number of hydrogen-bond donors (Lipinski definition) is 1. The van der Waals surface area contributed by atoms with Crippen LogP contribution in [0.1, 0.15) is 10.4 Å². The van der Waals surface area contributed by atoms with Crippen molar-refractivity contribution < 1.29 is 4.79 Å². The summed E-state index contributed by atoms with van der Waals surface area (Å²) in [6.45, 7) is 3.03. The van der Waals surface area contributed by atoms with Gasteiger partial charge in [0.05, 0.1) is 0 Å². The Morgan fingerprint density at radius 1 is 1.12 bits per heavy atom. The zero-order valence-corrected chi connectivity index (χ0v) is 9.65. The number of hydrogen-bond acceptors (Lipinski definition) is 3. The van der Waals surface area contributed by atoms with Gasteiger partial charge in [-0.15, -0.1) is 0 Å². The topological polar surface area (TPSA) is 35.6 Å². The van der Waals surface area contributed by atoms with Gasteiger partial charge in [0, 0.05) is 31.7 Å². The summed E-state index contributed by atoms with van der Waals surface area (Å²) in [6.07, 6.45) is 0. The van der Waals surface area contributed by atoms with Crippen molar-refractivity contribution in [2.24, 2.45) is 0 Å². The SMILES string of the molecule is O=C(NN1CCN(Cl)CC1)c1ccccc1. The quantitative estimate of drug-likeness (QED) is 0.786. The molecule has 0 bridgehead atoms. The maximum absolute atomic E-state index is 11.8. The smallest absolute Gasteiger partial charge is 0.265 e. The minimum atomic E-state index is -0.0661. The molecule has 1 heterocycles. The van der Waals surface area contributed by atoms with E-state index in [4.69, 9.17) is 11.8 Å². The molecule has 0 saturated carbocycles. The van der Waals surface area contributed by atoms with Crippen molar-refractivity contribution in [3.05, 3.63) is 35.9 Å². The fourth-order valence-corrected chi connectivity index (χ4v) is 1.74. The fraction of sp³-hybridized carbons (Fsp3) is 0.364. The van der Waals surface area contributed by atoms with Crippen LogP contribution in [0.3, 0.4) is 0 Å². The van der Waals surface area contributed by atoms with Crippen LogP contribution in [0, 0.1) is 0 Å². The molecule has 0 radical (unpaired) electrons. The standard InChI is InChI=1S/C11H14ClN3O/c12-14-6-8-15(9-7-14)13-11(16)10-4-2-1-3-5-10/h1-5H,6-9H2,(H,13,16). The number of amides is 1. The molecule has 0 spiro atoms. The molecular formula is C11H14ClN3O. The number of rotatable bonds is 2. The number of carbonyl (C=O) groups is 1. The lowest BCUT2D eigenvalue weighted by Crippen LogP contribution is -2.51. The lowest BCUT2D eigenvalue weighted by Gasteiger charge is -2.30. The van der Waals surface area contributed by atoms with Crippen molar-refractivity contribution in [2.45, 2.75) is 0 Å². The van der Waals surface area contributed by atoms with Crippen LogP contribution in [0.4, 0.5) is 0 Å². The molecule has 0 atom stereocenters. The lowest BCUT2D eigenvalue weighted by molar-refractivity contribution is 0.0717. The molecule has 1 aromatic carbocycles. The van der Waals surface area contributed by atoms with E-state index < -0.39 is 0 Å². The number of nitrogens with one attached hydrogen (secondary N) is 1. The second-order valence-corrected chi connectivity index (χ2v) is 4.18. The zero-order valence-electron chi connectivity index (χ0n) is 8.90. The fourth-order valence-electron chi connectivity index (χ4n) is 1.59. The Morgan fingerprint density at radius 2 is 1.75 bits per heavy atom. The number of nitrogens with zero attached hydrogens (tertiary/aromatic N) is 2. The van der Waals surface area contributed by atoms with Gasteiger partial charge in [0.1, 0.15) is 0 Å². The molecule has 0 aromatic heterocycles. The van der Waals surface area contributed by atoms with E-state index in [0.717, 1.165) is 26.2 Å². The maximum Gasteiger partial charge on any atom is 0.265 e. The third kappa shape index (κ3) is 2.95. The molecule has 86 valence electrons. The summed E-state index contributed by atoms with van der Waals surface area (Å²) in [5, 5.41) is 1.90. The summed E-state index contributed by atoms with van der Waals surface area (Å²) < 4.78 is 1.73. The van der Waals surface area contributed by atoms with Crippen molar-refractivity contribution in [1.29, 1.82) is 0 Å². The molecule has 1 aliphatic heterocycles. The normalized spacial score (nSPS) is 18.3. The van der Waals surface area contributed by atoms with Crippen molar-refractivity contribution >= 4 is 17.7 Å². The van der Waals surface area contributed by atoms with E-state index in [0.29, 0.717) is 5.56 Å². The highest BCUT2D eigenvalue weighted by atomic mass is 35.5. The highest BCUT2D eigenvalue weighted by molar-refractivity contribution is 6.13. The summed E-state index contributed by atoms with van der Waals surface area (Å²) in [7, 11) is 0. The molecule has 1 amide bonds. The second kappa shape index (κ2) is 5.30. The van der Waals surface area contributed by atoms with Gasteiger partial charge in [-0.2, -0.15) is 0 Å². The first-order valence-electron chi connectivity index (χ1n) is 5.27. The summed E-state index contributed by atoms with van der Waals surface area (Å²) in [6, 6.07) is 9.19. The monoisotopic (exact) mass is 239 g/mol. The lowest BCUT2D eigenvalue weighted by atomic mass is 10.2. The van der Waals surface area contributed by atoms with Gasteiger partial charge in [0.2, 0.25) is 0 Å². The first-order chi connectivity index (χ1) is 7.75. The average Bonchev–Trinajstić information content (AvgIpc) is 2.33. The van der Waals surface area contributed by atoms with E-state index in [-0.39, 0.29) is 5.91 Å². The van der Waals surface area contributed by atoms with E-state index in [1.807, 2.05) is 23.2 Å². The molecule has 1 saturated heterocycles. The Balaban J connectivity index is 1.88. The van der Waals surface area contributed by atoms with Crippen molar-refractivity contribution in [1.82, 2.24) is 14.9 Å². The highest BCUT2D eigenvalue weighted by Crippen LogP contribution is 2.03. The van der Waals surface area contributed by atoms with E-state index >= 15 is 0 Å². The van der Waals surface area contributed by atoms with Gasteiger partial charge in [0.15, 0.2) is 0 Å². The van der Waals surface area contributed by atoms with Crippen LogP contribution in [-0.4, -0.2) is 41.5 Å². The minimum Gasteiger partial charge on any atom is -0.285 e. The number of benzene rings is 1. The van der Waals surface area contributed by atoms with Gasteiger partial charge < -0.3 is 0 Å². The van der Waals surface area contributed by atoms with Crippen LogP contribution >= 0.6 is 11.8 Å². The summed E-state index contributed by atoms with van der Waals surface area (Å²) in [5.74, 6) is -0.0661. The van der Waals surface area contributed by atoms with Gasteiger partial charge in [0.25, 0.3) is 5.91 Å². The second-order valence-electron chi connectivity index (χ2n) is 3.70. The van der Waals surface area contributed by atoms with Gasteiger partial charge in [-0.1, -0.05) is 18.2 Å². The molecule has 1 aromatic rings. The van der Waals surface area contributed by atoms with Crippen LogP contribution < -0.4 is 5.43 Å². The number of halogens is 1. The van der Waals surface area contributed by atoms with Gasteiger partial charge >= 0.3 is 0 Å². The van der Waals surface area contributed by atoms with Crippen LogP contribution in [0.2, 0.25) is 0 Å². The van der Waals surface area contributed by atoms with Gasteiger partial charge in [-0.05, 0) is 23.9 Å². The Bertz CT molecular complexity index is 350. The minimum absolute atomic E-state index is 0.0661. The Hall–Kier alpha value is -1.10. The van der Waals surface area contributed by atoms with Crippen LogP contribution in [0.15, 0.2) is 30.3 Å². The van der Waals surface area contributed by atoms with Gasteiger partial charge in [-0.3, -0.25) is 10.2 Å². The summed E-state index contributed by atoms with van der Waals surface area (Å²) in [5.41, 5.74) is 3.54. The Labute approximate surface area is 99.9 Å². The van der Waals surface area contributed by atoms with Crippen molar-refractivity contribution in [3.63, 3.8) is 0 Å². The largest absolute Gasteiger partial charge is 0.285 e. The van der Waals surface area contributed by atoms with Gasteiger partial charge in [-0.25, -0.2) is 9.43 Å². The first-order valence-corrected chi connectivity index (χ1v) is 5.61. The van der Waals surface area contributed by atoms with Crippen molar-refractivity contribution in [2.75, 3.05) is 26.2 Å². The predicted octanol–water partition coefficient (Wildman–Crippen LogP) is 1.10. The third-order valence-electron chi connectivity index (χ3n) is 2.52. The first kappa shape index (κ1) is 11.4. The van der Waals surface area contributed by atoms with Crippen molar-refractivity contribution in [3.8, 4) is 0 Å². The van der Waals surface area contributed by atoms with E-state index in [1.54, 1.807) is 16.6 Å². The third-order valence-corrected chi connectivity index (χ3v) is 2.86. The molecule has 16 heavy (non-hydrogen) atoms. The van der Waals surface area contributed by atoms with E-state index in [9.17, 15) is 4.79 Å². The van der Waals surface area contributed by atoms with E-state index in [1.165, 1.54) is 0 Å². The summed E-state index contributed by atoms with van der Waals surface area (Å²) >= 11 is 5.83. The molecule has 1 fully saturated rings. The molecule has 1 N–H and O–H groups in total. The number of carbonyl (C=O) groups excluding carboxylic acids is 1. The zero-order chi connectivity index (χ0) is 11.4. The Kier molecular flexibility index (Phi) is 3.77. The summed E-state index contributed by atoms with van der Waals surface area (Å²) in [4.78, 5) is 11.8. The molecule has 0 aliphatic carbocycles. The molecule has 2 rings (SSSR count). The average molecular weight is 240 g/mol. The molecular weight excluding hydrogens is 226 g/mol. The molecule has 1 aliphatic rings. The number of piperazine rings is 1. The maximum atomic E-state index is 11.8. The molecule has 5 heteroatoms. The van der Waals surface area contributed by atoms with E-state index in [2.05, 4.69) is 5.43 Å². The Morgan fingerprint density at radius 3 is 2.38 bits per heavy atom. The molecule has 4 nitrogen and oxygen atoms in total. The van der Waals surface area contributed by atoms with Crippen LogP contribution in [-0.2, 0) is 0 Å². The predicted molar refractivity (Wildman–Crippen MR) is 62.9 cm³/mol. The highest BCUT2D eigenvalue weighted by Gasteiger charge is 2.17. The van der Waals surface area contributed by atoms with Crippen LogP contribution in [0.5, 0.6) is 0 Å².